The lowest BCUT2D eigenvalue weighted by atomic mass is 10.1. The normalized spacial score (nSPS) is 14.6. The molecule has 7 nitrogen and oxygen atoms in total. The number of anilines is 3. The Kier molecular flexibility index (Phi) is 5.83. The van der Waals surface area contributed by atoms with Crippen LogP contribution in [0.15, 0.2) is 54.9 Å². The first kappa shape index (κ1) is 21.6. The fourth-order valence-corrected chi connectivity index (χ4v) is 4.60. The average Bonchev–Trinajstić information content (AvgIpc) is 3.17. The van der Waals surface area contributed by atoms with Crippen molar-refractivity contribution in [2.45, 2.75) is 18.9 Å². The zero-order chi connectivity index (χ0) is 22.9. The second-order valence-corrected chi connectivity index (χ2v) is 8.80. The van der Waals surface area contributed by atoms with Gasteiger partial charge >= 0.3 is 0 Å². The van der Waals surface area contributed by atoms with Gasteiger partial charge < -0.3 is 25.3 Å². The van der Waals surface area contributed by atoms with Gasteiger partial charge in [0.05, 0.1) is 29.7 Å². The van der Waals surface area contributed by atoms with Gasteiger partial charge in [-0.25, -0.2) is 9.97 Å². The standard InChI is InChI=1S/C25H27ClN6O/c1-31-15-19(18-5-3-4-6-22(18)31)24-20(26)14-28-25(30-24)29-21-8-7-17(13-23(21)33-2)32-11-9-16(27)10-12-32/h3-8,13-16H,9-12,27H2,1-2H3,(H,28,29,30). The van der Waals surface area contributed by atoms with Crippen LogP contribution in [0.2, 0.25) is 5.02 Å². The molecule has 0 bridgehead atoms. The molecule has 2 aromatic heterocycles. The first-order chi connectivity index (χ1) is 16.0. The number of benzene rings is 2. The van der Waals surface area contributed by atoms with Gasteiger partial charge in [-0.2, -0.15) is 0 Å². The van der Waals surface area contributed by atoms with Crippen LogP contribution in [0.5, 0.6) is 5.75 Å². The van der Waals surface area contributed by atoms with E-state index in [1.54, 1.807) is 13.3 Å². The molecule has 1 aliphatic heterocycles. The molecule has 0 unspecified atom stereocenters. The van der Waals surface area contributed by atoms with Gasteiger partial charge in [-0.3, -0.25) is 0 Å². The molecule has 33 heavy (non-hydrogen) atoms. The van der Waals surface area contributed by atoms with Crippen molar-refractivity contribution in [2.75, 3.05) is 30.4 Å². The number of ether oxygens (including phenoxy) is 1. The number of nitrogens with one attached hydrogen (secondary N) is 1. The molecule has 0 spiro atoms. The second-order valence-electron chi connectivity index (χ2n) is 8.40. The third-order valence-corrected chi connectivity index (χ3v) is 6.51. The first-order valence-electron chi connectivity index (χ1n) is 11.1. The minimum Gasteiger partial charge on any atom is -0.494 e. The summed E-state index contributed by atoms with van der Waals surface area (Å²) in [4.78, 5) is 11.5. The molecule has 0 aliphatic carbocycles. The summed E-state index contributed by atoms with van der Waals surface area (Å²) in [6.07, 6.45) is 5.67. The number of rotatable bonds is 5. The zero-order valence-electron chi connectivity index (χ0n) is 18.8. The molecule has 2 aromatic carbocycles. The Balaban J connectivity index is 1.45. The van der Waals surface area contributed by atoms with Gasteiger partial charge in [-0.1, -0.05) is 29.8 Å². The van der Waals surface area contributed by atoms with E-state index in [1.165, 1.54) is 0 Å². The average molecular weight is 463 g/mol. The quantitative estimate of drug-likeness (QED) is 0.436. The Hall–Kier alpha value is -3.29. The predicted molar refractivity (Wildman–Crippen MR) is 135 cm³/mol. The number of aryl methyl sites for hydroxylation is 1. The molecule has 3 N–H and O–H groups in total. The molecule has 0 radical (unpaired) electrons. The van der Waals surface area contributed by atoms with Gasteiger partial charge in [0.15, 0.2) is 0 Å². The predicted octanol–water partition coefficient (Wildman–Crippen LogP) is 4.97. The fraction of sp³-hybridized carbons (Fsp3) is 0.280. The van der Waals surface area contributed by atoms with E-state index in [0.29, 0.717) is 22.7 Å². The summed E-state index contributed by atoms with van der Waals surface area (Å²) >= 11 is 6.52. The van der Waals surface area contributed by atoms with Gasteiger partial charge in [0, 0.05) is 60.6 Å². The number of methoxy groups -OCH3 is 1. The summed E-state index contributed by atoms with van der Waals surface area (Å²) in [6.45, 7) is 1.90. The van der Waals surface area contributed by atoms with Crippen molar-refractivity contribution in [3.63, 3.8) is 0 Å². The highest BCUT2D eigenvalue weighted by Crippen LogP contribution is 2.36. The summed E-state index contributed by atoms with van der Waals surface area (Å²) in [5, 5.41) is 4.90. The van der Waals surface area contributed by atoms with Crippen LogP contribution in [0.4, 0.5) is 17.3 Å². The summed E-state index contributed by atoms with van der Waals surface area (Å²) in [5.41, 5.74) is 10.7. The Morgan fingerprint density at radius 1 is 1.15 bits per heavy atom. The van der Waals surface area contributed by atoms with E-state index in [4.69, 9.17) is 27.1 Å². The van der Waals surface area contributed by atoms with Gasteiger partial charge in [0.2, 0.25) is 5.95 Å². The van der Waals surface area contributed by atoms with Crippen molar-refractivity contribution < 1.29 is 4.74 Å². The smallest absolute Gasteiger partial charge is 0.227 e. The Bertz CT molecular complexity index is 1300. The highest BCUT2D eigenvalue weighted by molar-refractivity contribution is 6.33. The monoisotopic (exact) mass is 462 g/mol. The van der Waals surface area contributed by atoms with E-state index in [1.807, 2.05) is 37.5 Å². The summed E-state index contributed by atoms with van der Waals surface area (Å²) in [5.74, 6) is 1.19. The zero-order valence-corrected chi connectivity index (χ0v) is 19.5. The topological polar surface area (TPSA) is 81.2 Å². The van der Waals surface area contributed by atoms with Gasteiger partial charge in [-0.05, 0) is 31.0 Å². The van der Waals surface area contributed by atoms with Crippen LogP contribution >= 0.6 is 11.6 Å². The number of nitrogens with zero attached hydrogens (tertiary/aromatic N) is 4. The third-order valence-electron chi connectivity index (χ3n) is 6.23. The minimum atomic E-state index is 0.294. The van der Waals surface area contributed by atoms with Crippen molar-refractivity contribution in [3.8, 4) is 17.0 Å². The number of para-hydroxylation sites is 1. The van der Waals surface area contributed by atoms with Crippen LogP contribution in [0, 0.1) is 0 Å². The van der Waals surface area contributed by atoms with Crippen LogP contribution < -0.4 is 20.7 Å². The molecule has 1 aliphatic rings. The molecule has 170 valence electrons. The third kappa shape index (κ3) is 4.21. The van der Waals surface area contributed by atoms with Crippen LogP contribution in [0.1, 0.15) is 12.8 Å². The Labute approximate surface area is 198 Å². The summed E-state index contributed by atoms with van der Waals surface area (Å²) < 4.78 is 7.75. The van der Waals surface area contributed by atoms with Gasteiger partial charge in [0.25, 0.3) is 0 Å². The lowest BCUT2D eigenvalue weighted by Gasteiger charge is -2.32. The van der Waals surface area contributed by atoms with Gasteiger partial charge in [0.1, 0.15) is 5.75 Å². The lowest BCUT2D eigenvalue weighted by molar-refractivity contribution is 0.416. The fourth-order valence-electron chi connectivity index (χ4n) is 4.40. The SMILES string of the molecule is COc1cc(N2CCC(N)CC2)ccc1Nc1ncc(Cl)c(-c2cn(C)c3ccccc23)n1. The van der Waals surface area contributed by atoms with E-state index in [9.17, 15) is 0 Å². The van der Waals surface area contributed by atoms with Crippen molar-refractivity contribution >= 4 is 39.8 Å². The van der Waals surface area contributed by atoms with Crippen LogP contribution in [-0.4, -0.2) is 40.8 Å². The highest BCUT2D eigenvalue weighted by atomic mass is 35.5. The maximum atomic E-state index is 6.52. The number of hydrogen-bond acceptors (Lipinski definition) is 6. The van der Waals surface area contributed by atoms with Crippen molar-refractivity contribution in [1.29, 1.82) is 0 Å². The van der Waals surface area contributed by atoms with E-state index >= 15 is 0 Å². The number of piperidine rings is 1. The van der Waals surface area contributed by atoms with Gasteiger partial charge in [-0.15, -0.1) is 0 Å². The number of hydrogen-bond donors (Lipinski definition) is 2. The lowest BCUT2D eigenvalue weighted by Crippen LogP contribution is -2.39. The van der Waals surface area contributed by atoms with Crippen molar-refractivity contribution in [3.05, 3.63) is 59.9 Å². The van der Waals surface area contributed by atoms with Crippen molar-refractivity contribution in [1.82, 2.24) is 14.5 Å². The first-order valence-corrected chi connectivity index (χ1v) is 11.4. The Morgan fingerprint density at radius 3 is 2.73 bits per heavy atom. The molecule has 0 amide bonds. The maximum absolute atomic E-state index is 6.52. The minimum absolute atomic E-state index is 0.294. The highest BCUT2D eigenvalue weighted by Gasteiger charge is 2.19. The maximum Gasteiger partial charge on any atom is 0.227 e. The number of nitrogens with two attached hydrogens (primary N) is 1. The largest absolute Gasteiger partial charge is 0.494 e. The molecule has 3 heterocycles. The Morgan fingerprint density at radius 2 is 1.94 bits per heavy atom. The molecule has 0 atom stereocenters. The molecule has 5 rings (SSSR count). The van der Waals surface area contributed by atoms with Crippen molar-refractivity contribution in [2.24, 2.45) is 12.8 Å². The van der Waals surface area contributed by atoms with E-state index in [-0.39, 0.29) is 0 Å². The molecular formula is C25H27ClN6O. The van der Waals surface area contributed by atoms with Crippen LogP contribution in [0.25, 0.3) is 22.2 Å². The molecule has 1 saturated heterocycles. The molecule has 8 heteroatoms. The molecule has 1 fully saturated rings. The summed E-state index contributed by atoms with van der Waals surface area (Å²) in [7, 11) is 3.68. The molecule has 4 aromatic rings. The summed E-state index contributed by atoms with van der Waals surface area (Å²) in [6, 6.07) is 14.6. The molecule has 0 saturated carbocycles. The second kappa shape index (κ2) is 8.92. The van der Waals surface area contributed by atoms with Crippen LogP contribution in [-0.2, 0) is 7.05 Å². The van der Waals surface area contributed by atoms with E-state index < -0.39 is 0 Å². The van der Waals surface area contributed by atoms with E-state index in [0.717, 1.165) is 59.5 Å². The van der Waals surface area contributed by atoms with Crippen LogP contribution in [0.3, 0.4) is 0 Å². The molecular weight excluding hydrogens is 436 g/mol. The van der Waals surface area contributed by atoms with E-state index in [2.05, 4.69) is 38.0 Å². The number of aromatic nitrogens is 3. The number of fused-ring (bicyclic) bond motifs is 1. The number of halogens is 1.